The van der Waals surface area contributed by atoms with Crippen LogP contribution in [0, 0.1) is 18.3 Å². The number of aryl methyl sites for hydroxylation is 2. The molecule has 2 aromatic heterocycles. The number of fused-ring (bicyclic) bond motifs is 3. The van der Waals surface area contributed by atoms with Crippen LogP contribution >= 0.6 is 0 Å². The molecule has 1 aliphatic rings. The molecule has 32 heavy (non-hydrogen) atoms. The quantitative estimate of drug-likeness (QED) is 0.321. The standard InChI is InChI=1S/C29H31N2O/c1-18(2)23-16-21(17-30)26(20-10-6-5-7-11-20)29-27(23)22-14-13-19(3)25(28(22)32-29)24-12-8-9-15-31(24)4/h8-9,12-16,18,20H,5-7,10-11H2,1-4H3/q+1. The van der Waals surface area contributed by atoms with E-state index in [-0.39, 0.29) is 0 Å². The van der Waals surface area contributed by atoms with Gasteiger partial charge in [0.1, 0.15) is 18.2 Å². The lowest BCUT2D eigenvalue weighted by Crippen LogP contribution is -2.30. The predicted octanol–water partition coefficient (Wildman–Crippen LogP) is 7.43. The maximum atomic E-state index is 10.1. The number of hydrogen-bond donors (Lipinski definition) is 0. The molecule has 162 valence electrons. The normalized spacial score (nSPS) is 15.0. The van der Waals surface area contributed by atoms with Crippen LogP contribution in [0.25, 0.3) is 33.2 Å². The molecule has 1 saturated carbocycles. The van der Waals surface area contributed by atoms with Crippen LogP contribution in [-0.2, 0) is 7.05 Å². The van der Waals surface area contributed by atoms with E-state index in [2.05, 4.69) is 81.1 Å². The Morgan fingerprint density at radius 1 is 1.06 bits per heavy atom. The minimum absolute atomic E-state index is 0.309. The van der Waals surface area contributed by atoms with Gasteiger partial charge >= 0.3 is 0 Å². The van der Waals surface area contributed by atoms with Crippen LogP contribution in [0.15, 0.2) is 47.0 Å². The van der Waals surface area contributed by atoms with Crippen LogP contribution in [0.2, 0.25) is 0 Å². The maximum Gasteiger partial charge on any atom is 0.216 e. The first-order valence-corrected chi connectivity index (χ1v) is 11.9. The molecule has 3 heteroatoms. The number of nitriles is 1. The van der Waals surface area contributed by atoms with Gasteiger partial charge in [0.2, 0.25) is 5.69 Å². The highest BCUT2D eigenvalue weighted by atomic mass is 16.3. The van der Waals surface area contributed by atoms with Crippen LogP contribution in [0.4, 0.5) is 0 Å². The molecule has 0 spiro atoms. The summed E-state index contributed by atoms with van der Waals surface area (Å²) < 4.78 is 8.98. The van der Waals surface area contributed by atoms with Crippen molar-refractivity contribution in [3.05, 3.63) is 64.8 Å². The molecule has 5 rings (SSSR count). The summed E-state index contributed by atoms with van der Waals surface area (Å²) in [6, 6.07) is 15.4. The fourth-order valence-corrected chi connectivity index (χ4v) is 5.61. The SMILES string of the molecule is Cc1ccc2c(oc3c(C4CCCCC4)c(C#N)cc(C(C)C)c32)c1-c1cccc[n+]1C. The van der Waals surface area contributed by atoms with Crippen molar-refractivity contribution >= 4 is 21.9 Å². The van der Waals surface area contributed by atoms with Crippen molar-refractivity contribution in [3.8, 4) is 17.3 Å². The molecule has 0 saturated heterocycles. The lowest BCUT2D eigenvalue weighted by atomic mass is 9.80. The van der Waals surface area contributed by atoms with Crippen molar-refractivity contribution in [1.29, 1.82) is 5.26 Å². The molecule has 0 bridgehead atoms. The Bertz CT molecular complexity index is 1360. The monoisotopic (exact) mass is 423 g/mol. The van der Waals surface area contributed by atoms with Crippen LogP contribution in [0.3, 0.4) is 0 Å². The van der Waals surface area contributed by atoms with Gasteiger partial charge in [-0.15, -0.1) is 0 Å². The van der Waals surface area contributed by atoms with Crippen molar-refractivity contribution < 1.29 is 8.98 Å². The molecule has 3 nitrogen and oxygen atoms in total. The largest absolute Gasteiger partial charge is 0.455 e. The number of hydrogen-bond acceptors (Lipinski definition) is 2. The van der Waals surface area contributed by atoms with E-state index >= 15 is 0 Å². The second kappa shape index (κ2) is 8.10. The average molecular weight is 424 g/mol. The number of nitrogens with zero attached hydrogens (tertiary/aromatic N) is 2. The van der Waals surface area contributed by atoms with Crippen molar-refractivity contribution in [2.75, 3.05) is 0 Å². The van der Waals surface area contributed by atoms with Gasteiger partial charge in [0.25, 0.3) is 0 Å². The summed E-state index contributed by atoms with van der Waals surface area (Å²) in [7, 11) is 2.08. The first-order valence-electron chi connectivity index (χ1n) is 11.9. The third kappa shape index (κ3) is 3.21. The predicted molar refractivity (Wildman–Crippen MR) is 130 cm³/mol. The van der Waals surface area contributed by atoms with Crippen molar-refractivity contribution in [3.63, 3.8) is 0 Å². The van der Waals surface area contributed by atoms with Crippen molar-refractivity contribution in [2.45, 2.75) is 64.7 Å². The van der Waals surface area contributed by atoms with Gasteiger partial charge in [0.15, 0.2) is 6.20 Å². The second-order valence-electron chi connectivity index (χ2n) is 9.67. The second-order valence-corrected chi connectivity index (χ2v) is 9.67. The van der Waals surface area contributed by atoms with Crippen LogP contribution in [0.5, 0.6) is 0 Å². The van der Waals surface area contributed by atoms with Gasteiger partial charge < -0.3 is 4.42 Å². The molecule has 0 amide bonds. The fraction of sp³-hybridized carbons (Fsp3) is 0.379. The Hall–Kier alpha value is -3.12. The van der Waals surface area contributed by atoms with Gasteiger partial charge in [-0.2, -0.15) is 5.26 Å². The minimum Gasteiger partial charge on any atom is -0.455 e. The number of benzene rings is 2. The third-order valence-electron chi connectivity index (χ3n) is 7.26. The Kier molecular flexibility index (Phi) is 5.25. The summed E-state index contributed by atoms with van der Waals surface area (Å²) >= 11 is 0. The molecular formula is C29H31N2O+. The van der Waals surface area contributed by atoms with Gasteiger partial charge in [-0.3, -0.25) is 0 Å². The Balaban J connectivity index is 1.93. The number of pyridine rings is 1. The van der Waals surface area contributed by atoms with E-state index in [4.69, 9.17) is 4.42 Å². The molecule has 4 aromatic rings. The Labute approximate surface area is 190 Å². The maximum absolute atomic E-state index is 10.1. The fourth-order valence-electron chi connectivity index (χ4n) is 5.61. The highest BCUT2D eigenvalue weighted by molar-refractivity contribution is 6.12. The van der Waals surface area contributed by atoms with Crippen LogP contribution < -0.4 is 4.57 Å². The lowest BCUT2D eigenvalue weighted by molar-refractivity contribution is -0.660. The van der Waals surface area contributed by atoms with Gasteiger partial charge in [0.05, 0.1) is 17.2 Å². The molecular weight excluding hydrogens is 392 g/mol. The summed E-state index contributed by atoms with van der Waals surface area (Å²) in [5.74, 6) is 0.712. The summed E-state index contributed by atoms with van der Waals surface area (Å²) in [6.45, 7) is 6.57. The minimum atomic E-state index is 0.309. The van der Waals surface area contributed by atoms with Gasteiger partial charge in [-0.25, -0.2) is 4.57 Å². The average Bonchev–Trinajstić information content (AvgIpc) is 3.18. The highest BCUT2D eigenvalue weighted by Gasteiger charge is 2.28. The molecule has 0 N–H and O–H groups in total. The van der Waals surface area contributed by atoms with Crippen molar-refractivity contribution in [1.82, 2.24) is 0 Å². The zero-order valence-electron chi connectivity index (χ0n) is 19.5. The van der Waals surface area contributed by atoms with E-state index in [9.17, 15) is 5.26 Å². The first-order chi connectivity index (χ1) is 15.5. The zero-order chi connectivity index (χ0) is 22.4. The smallest absolute Gasteiger partial charge is 0.216 e. The van der Waals surface area contributed by atoms with E-state index in [0.717, 1.165) is 51.8 Å². The third-order valence-corrected chi connectivity index (χ3v) is 7.26. The van der Waals surface area contributed by atoms with Gasteiger partial charge in [-0.05, 0) is 54.9 Å². The molecule has 0 radical (unpaired) electrons. The van der Waals surface area contributed by atoms with E-state index in [1.54, 1.807) is 0 Å². The Morgan fingerprint density at radius 2 is 1.84 bits per heavy atom. The van der Waals surface area contributed by atoms with E-state index in [1.165, 1.54) is 35.8 Å². The summed E-state index contributed by atoms with van der Waals surface area (Å²) in [5, 5.41) is 12.5. The van der Waals surface area contributed by atoms with Crippen LogP contribution in [0.1, 0.15) is 80.0 Å². The summed E-state index contributed by atoms with van der Waals surface area (Å²) in [5.41, 5.74) is 8.52. The van der Waals surface area contributed by atoms with Gasteiger partial charge in [-0.1, -0.05) is 45.2 Å². The summed E-state index contributed by atoms with van der Waals surface area (Å²) in [6.07, 6.45) is 8.11. The highest BCUT2D eigenvalue weighted by Crippen LogP contribution is 2.46. The number of rotatable bonds is 3. The first kappa shape index (κ1) is 20.8. The van der Waals surface area contributed by atoms with Gasteiger partial charge in [0, 0.05) is 28.5 Å². The number of furan rings is 1. The molecule has 0 unspecified atom stereocenters. The summed E-state index contributed by atoms with van der Waals surface area (Å²) in [4.78, 5) is 0. The molecule has 2 heterocycles. The molecule has 0 aliphatic heterocycles. The molecule has 0 atom stereocenters. The molecule has 1 fully saturated rings. The zero-order valence-corrected chi connectivity index (χ0v) is 19.5. The van der Waals surface area contributed by atoms with Crippen molar-refractivity contribution in [2.24, 2.45) is 7.05 Å². The van der Waals surface area contributed by atoms with E-state index in [0.29, 0.717) is 11.8 Å². The lowest BCUT2D eigenvalue weighted by Gasteiger charge is -2.24. The Morgan fingerprint density at radius 3 is 2.53 bits per heavy atom. The van der Waals surface area contributed by atoms with E-state index < -0.39 is 0 Å². The molecule has 1 aliphatic carbocycles. The number of aromatic nitrogens is 1. The molecule has 2 aromatic carbocycles. The van der Waals surface area contributed by atoms with E-state index in [1.807, 2.05) is 0 Å². The topological polar surface area (TPSA) is 40.8 Å². The van der Waals surface area contributed by atoms with Crippen LogP contribution in [-0.4, -0.2) is 0 Å².